The first-order valence-corrected chi connectivity index (χ1v) is 4.92. The second kappa shape index (κ2) is 4.60. The molecule has 0 radical (unpaired) electrons. The van der Waals surface area contributed by atoms with Crippen LogP contribution in [0.2, 0.25) is 0 Å². The molecular weight excluding hydrogens is 248 g/mol. The van der Waals surface area contributed by atoms with E-state index in [1.165, 1.54) is 0 Å². The number of halogens is 4. The van der Waals surface area contributed by atoms with Crippen LogP contribution < -0.4 is 0 Å². The molecule has 0 aliphatic carbocycles. The predicted octanol–water partition coefficient (Wildman–Crippen LogP) is 3.72. The molecule has 0 N–H and O–H groups in total. The largest absolute Gasteiger partial charge is 0.298 e. The lowest BCUT2D eigenvalue weighted by Gasteiger charge is -2.07. The van der Waals surface area contributed by atoms with Crippen molar-refractivity contribution in [1.29, 1.82) is 0 Å². The molecule has 0 unspecified atom stereocenters. The van der Waals surface area contributed by atoms with E-state index in [1.807, 2.05) is 0 Å². The molecule has 0 saturated heterocycles. The van der Waals surface area contributed by atoms with E-state index >= 15 is 0 Å². The first kappa shape index (κ1) is 12.3. The molecule has 0 saturated carbocycles. The Hall–Kier alpha value is -2.17. The summed E-state index contributed by atoms with van der Waals surface area (Å²) in [6.07, 6.45) is 0.384. The molecule has 2 aromatic carbocycles. The minimum atomic E-state index is -1.35. The van der Waals surface area contributed by atoms with Gasteiger partial charge in [-0.1, -0.05) is 0 Å². The van der Waals surface area contributed by atoms with Crippen molar-refractivity contribution in [2.24, 2.45) is 0 Å². The van der Waals surface area contributed by atoms with Gasteiger partial charge < -0.3 is 0 Å². The topological polar surface area (TPSA) is 17.1 Å². The average Bonchev–Trinajstić information content (AvgIpc) is 2.34. The first-order valence-electron chi connectivity index (χ1n) is 4.92. The summed E-state index contributed by atoms with van der Waals surface area (Å²) in [5.41, 5.74) is -0.502. The molecular formula is C13H6F4O. The summed E-state index contributed by atoms with van der Waals surface area (Å²) in [6, 6.07) is 3.99. The smallest absolute Gasteiger partial charge is 0.161 e. The molecule has 18 heavy (non-hydrogen) atoms. The summed E-state index contributed by atoms with van der Waals surface area (Å²) in [5, 5.41) is 0. The first-order chi connectivity index (χ1) is 8.52. The molecule has 0 aliphatic rings. The molecule has 0 fully saturated rings. The number of aldehydes is 1. The van der Waals surface area contributed by atoms with E-state index in [9.17, 15) is 22.4 Å². The van der Waals surface area contributed by atoms with Crippen molar-refractivity contribution in [2.45, 2.75) is 0 Å². The summed E-state index contributed by atoms with van der Waals surface area (Å²) in [5.74, 6) is -4.39. The fourth-order valence-electron chi connectivity index (χ4n) is 1.59. The van der Waals surface area contributed by atoms with E-state index in [2.05, 4.69) is 0 Å². The van der Waals surface area contributed by atoms with Gasteiger partial charge in [0, 0.05) is 17.2 Å². The minimum absolute atomic E-state index is 0.0127. The Kier molecular flexibility index (Phi) is 3.14. The molecule has 0 amide bonds. The van der Waals surface area contributed by atoms with Gasteiger partial charge in [-0.25, -0.2) is 17.6 Å². The maximum absolute atomic E-state index is 13.5. The van der Waals surface area contributed by atoms with Gasteiger partial charge in [0.1, 0.15) is 11.6 Å². The lowest BCUT2D eigenvalue weighted by Crippen LogP contribution is -1.95. The van der Waals surface area contributed by atoms with Crippen molar-refractivity contribution in [2.75, 3.05) is 0 Å². The molecule has 0 heterocycles. The second-order valence-corrected chi connectivity index (χ2v) is 3.60. The Morgan fingerprint density at radius 3 is 2.11 bits per heavy atom. The Bertz CT molecular complexity index is 623. The second-order valence-electron chi connectivity index (χ2n) is 3.60. The van der Waals surface area contributed by atoms with E-state index in [0.29, 0.717) is 18.4 Å². The van der Waals surface area contributed by atoms with Crippen molar-refractivity contribution in [3.63, 3.8) is 0 Å². The Morgan fingerprint density at radius 1 is 0.778 bits per heavy atom. The van der Waals surface area contributed by atoms with Crippen LogP contribution in [0.4, 0.5) is 17.6 Å². The van der Waals surface area contributed by atoms with Gasteiger partial charge in [-0.3, -0.25) is 4.79 Å². The van der Waals surface area contributed by atoms with Gasteiger partial charge in [-0.15, -0.1) is 0 Å². The fourth-order valence-corrected chi connectivity index (χ4v) is 1.59. The van der Waals surface area contributed by atoms with E-state index in [1.54, 1.807) is 0 Å². The zero-order valence-corrected chi connectivity index (χ0v) is 8.88. The van der Waals surface area contributed by atoms with Gasteiger partial charge in [0.15, 0.2) is 17.9 Å². The highest BCUT2D eigenvalue weighted by atomic mass is 19.2. The Balaban J connectivity index is 2.72. The number of hydrogen-bond acceptors (Lipinski definition) is 1. The van der Waals surface area contributed by atoms with E-state index in [4.69, 9.17) is 0 Å². The molecule has 2 aromatic rings. The highest BCUT2D eigenvalue weighted by Gasteiger charge is 2.14. The Labute approximate surface area is 99.7 Å². The number of hydrogen-bond donors (Lipinski definition) is 0. The van der Waals surface area contributed by atoms with Gasteiger partial charge in [0.2, 0.25) is 0 Å². The standard InChI is InChI=1S/C13H6F4O/c14-8-2-1-7(6-18)9(3-8)10-4-12(16)13(17)5-11(10)15/h1-6H. The molecule has 0 aliphatic heterocycles. The quantitative estimate of drug-likeness (QED) is 0.453. The van der Waals surface area contributed by atoms with Crippen molar-refractivity contribution in [3.05, 3.63) is 59.2 Å². The van der Waals surface area contributed by atoms with Crippen molar-refractivity contribution in [1.82, 2.24) is 0 Å². The molecule has 0 bridgehead atoms. The van der Waals surface area contributed by atoms with Crippen molar-refractivity contribution >= 4 is 6.29 Å². The van der Waals surface area contributed by atoms with Crippen LogP contribution in [0.15, 0.2) is 30.3 Å². The summed E-state index contributed by atoms with van der Waals surface area (Å²) in [6.45, 7) is 0. The van der Waals surface area contributed by atoms with Crippen LogP contribution in [-0.2, 0) is 0 Å². The van der Waals surface area contributed by atoms with Crippen LogP contribution in [0, 0.1) is 23.3 Å². The van der Waals surface area contributed by atoms with Crippen LogP contribution >= 0.6 is 0 Å². The van der Waals surface area contributed by atoms with Crippen LogP contribution in [0.25, 0.3) is 11.1 Å². The van der Waals surface area contributed by atoms with Gasteiger partial charge in [0.25, 0.3) is 0 Å². The highest BCUT2D eigenvalue weighted by molar-refractivity contribution is 5.87. The number of rotatable bonds is 2. The monoisotopic (exact) mass is 254 g/mol. The van der Waals surface area contributed by atoms with E-state index in [0.717, 1.165) is 18.2 Å². The van der Waals surface area contributed by atoms with E-state index < -0.39 is 23.3 Å². The maximum Gasteiger partial charge on any atom is 0.161 e. The molecule has 0 spiro atoms. The molecule has 92 valence electrons. The third-order valence-electron chi connectivity index (χ3n) is 2.44. The van der Waals surface area contributed by atoms with Crippen LogP contribution in [-0.4, -0.2) is 6.29 Å². The molecule has 0 aromatic heterocycles. The SMILES string of the molecule is O=Cc1ccc(F)cc1-c1cc(F)c(F)cc1F. The van der Waals surface area contributed by atoms with Crippen LogP contribution in [0.1, 0.15) is 10.4 Å². The molecule has 0 atom stereocenters. The van der Waals surface area contributed by atoms with Crippen molar-refractivity contribution < 1.29 is 22.4 Å². The lowest BCUT2D eigenvalue weighted by molar-refractivity contribution is 0.112. The summed E-state index contributed by atoms with van der Waals surface area (Å²) < 4.78 is 52.4. The number of carbonyl (C=O) groups excluding carboxylic acids is 1. The maximum atomic E-state index is 13.5. The third-order valence-corrected chi connectivity index (χ3v) is 2.44. The lowest BCUT2D eigenvalue weighted by atomic mass is 9.99. The molecule has 2 rings (SSSR count). The van der Waals surface area contributed by atoms with Gasteiger partial charge in [-0.2, -0.15) is 0 Å². The summed E-state index contributed by atoms with van der Waals surface area (Å²) in [4.78, 5) is 10.8. The van der Waals surface area contributed by atoms with E-state index in [-0.39, 0.29) is 16.7 Å². The Morgan fingerprint density at radius 2 is 1.44 bits per heavy atom. The molecule has 5 heteroatoms. The summed E-state index contributed by atoms with van der Waals surface area (Å²) >= 11 is 0. The summed E-state index contributed by atoms with van der Waals surface area (Å²) in [7, 11) is 0. The normalized spacial score (nSPS) is 10.4. The fraction of sp³-hybridized carbons (Fsp3) is 0. The van der Waals surface area contributed by atoms with Gasteiger partial charge in [0.05, 0.1) is 0 Å². The van der Waals surface area contributed by atoms with Crippen LogP contribution in [0.3, 0.4) is 0 Å². The zero-order valence-electron chi connectivity index (χ0n) is 8.88. The highest BCUT2D eigenvalue weighted by Crippen LogP contribution is 2.28. The van der Waals surface area contributed by atoms with Gasteiger partial charge in [-0.05, 0) is 29.8 Å². The minimum Gasteiger partial charge on any atom is -0.298 e. The predicted molar refractivity (Wildman–Crippen MR) is 57.1 cm³/mol. The van der Waals surface area contributed by atoms with Crippen molar-refractivity contribution in [3.8, 4) is 11.1 Å². The molecule has 1 nitrogen and oxygen atoms in total. The number of benzene rings is 2. The average molecular weight is 254 g/mol. The number of carbonyl (C=O) groups is 1. The van der Waals surface area contributed by atoms with Crippen LogP contribution in [0.5, 0.6) is 0 Å². The van der Waals surface area contributed by atoms with Gasteiger partial charge >= 0.3 is 0 Å². The third kappa shape index (κ3) is 2.11. The zero-order chi connectivity index (χ0) is 13.3.